The lowest BCUT2D eigenvalue weighted by atomic mass is 10.1. The van der Waals surface area contributed by atoms with Gasteiger partial charge in [0.1, 0.15) is 12.7 Å². The van der Waals surface area contributed by atoms with Crippen LogP contribution < -0.4 is 5.73 Å². The maximum atomic E-state index is 11.2. The summed E-state index contributed by atoms with van der Waals surface area (Å²) in [5.74, 6) is 0. The summed E-state index contributed by atoms with van der Waals surface area (Å²) in [6.07, 6.45) is 0.818. The zero-order valence-corrected chi connectivity index (χ0v) is 12.7. The second-order valence-electron chi connectivity index (χ2n) is 5.48. The van der Waals surface area contributed by atoms with Gasteiger partial charge in [-0.15, -0.1) is 0 Å². The highest BCUT2D eigenvalue weighted by Crippen LogP contribution is 2.20. The van der Waals surface area contributed by atoms with Crippen molar-refractivity contribution in [3.05, 3.63) is 29.3 Å². The first kappa shape index (κ1) is 16.1. The van der Waals surface area contributed by atoms with E-state index in [0.29, 0.717) is 11.0 Å². The van der Waals surface area contributed by atoms with Crippen LogP contribution in [-0.2, 0) is 16.7 Å². The zero-order valence-electron chi connectivity index (χ0n) is 11.9. The summed E-state index contributed by atoms with van der Waals surface area (Å²) in [5.41, 5.74) is 7.94. The number of aryl methyl sites for hydroxylation is 1. The Morgan fingerprint density at radius 3 is 2.42 bits per heavy atom. The normalized spacial score (nSPS) is 14.4. The minimum absolute atomic E-state index is 0.0196. The van der Waals surface area contributed by atoms with E-state index in [1.165, 1.54) is 12.1 Å². The topological polar surface area (TPSA) is 80.4 Å². The molecule has 6 heteroatoms. The molecule has 1 atom stereocenters. The van der Waals surface area contributed by atoms with Gasteiger partial charge < -0.3 is 4.48 Å². The van der Waals surface area contributed by atoms with E-state index in [4.69, 9.17) is 10.3 Å². The molecule has 0 aliphatic rings. The van der Waals surface area contributed by atoms with Crippen LogP contribution in [0.5, 0.6) is 0 Å². The Labute approximate surface area is 115 Å². The smallest absolute Gasteiger partial charge is 0.294 e. The molecule has 1 rings (SSSR count). The molecule has 0 aliphatic heterocycles. The molecule has 108 valence electrons. The summed E-state index contributed by atoms with van der Waals surface area (Å²) in [5, 5.41) is 0. The Morgan fingerprint density at radius 1 is 1.37 bits per heavy atom. The number of hydrogen-bond donors (Lipinski definition) is 2. The first-order valence-corrected chi connectivity index (χ1v) is 7.67. The number of nitrogens with two attached hydrogens (primary N) is 1. The van der Waals surface area contributed by atoms with Crippen LogP contribution in [0.1, 0.15) is 24.5 Å². The van der Waals surface area contributed by atoms with Crippen LogP contribution in [0.25, 0.3) is 0 Å². The Kier molecular flexibility index (Phi) is 4.73. The van der Waals surface area contributed by atoms with E-state index >= 15 is 0 Å². The summed E-state index contributed by atoms with van der Waals surface area (Å²) in [6, 6.07) is 4.64. The van der Waals surface area contributed by atoms with Crippen molar-refractivity contribution in [2.75, 3.05) is 14.1 Å². The molecule has 5 nitrogen and oxygen atoms in total. The Balaban J connectivity index is 3.14. The lowest BCUT2D eigenvalue weighted by Crippen LogP contribution is -2.52. The first-order chi connectivity index (χ1) is 8.58. The van der Waals surface area contributed by atoms with E-state index < -0.39 is 10.1 Å². The lowest BCUT2D eigenvalue weighted by Gasteiger charge is -2.35. The van der Waals surface area contributed by atoms with E-state index in [1.807, 2.05) is 27.9 Å². The molecule has 3 N–H and O–H groups in total. The minimum Gasteiger partial charge on any atom is -0.310 e. The molecule has 1 aromatic rings. The molecule has 1 unspecified atom stereocenters. The fraction of sp³-hybridized carbons (Fsp3) is 0.538. The van der Waals surface area contributed by atoms with E-state index in [0.717, 1.165) is 17.5 Å². The largest absolute Gasteiger partial charge is 0.310 e. The van der Waals surface area contributed by atoms with E-state index in [9.17, 15) is 8.42 Å². The predicted octanol–water partition coefficient (Wildman–Crippen LogP) is 1.51. The number of rotatable bonds is 5. The maximum Gasteiger partial charge on any atom is 0.294 e. The molecule has 0 saturated heterocycles. The van der Waals surface area contributed by atoms with Gasteiger partial charge in [-0.1, -0.05) is 13.0 Å². The van der Waals surface area contributed by atoms with Gasteiger partial charge in [-0.25, -0.2) is 0 Å². The zero-order chi connectivity index (χ0) is 14.8. The van der Waals surface area contributed by atoms with Crippen LogP contribution in [0.2, 0.25) is 0 Å². The number of quaternary nitrogens is 1. The van der Waals surface area contributed by atoms with Gasteiger partial charge in [-0.2, -0.15) is 8.42 Å². The summed E-state index contributed by atoms with van der Waals surface area (Å²) >= 11 is 0. The van der Waals surface area contributed by atoms with Gasteiger partial charge in [0.05, 0.1) is 19.0 Å². The molecule has 0 amide bonds. The van der Waals surface area contributed by atoms with Gasteiger partial charge in [0.15, 0.2) is 0 Å². The minimum atomic E-state index is -4.16. The SMILES string of the molecule is CCC(N)[N+](C)(C)Cc1cc(S(=O)(=O)O)ccc1C. The lowest BCUT2D eigenvalue weighted by molar-refractivity contribution is -0.928. The van der Waals surface area contributed by atoms with Crippen LogP contribution in [-0.4, -0.2) is 37.7 Å². The second-order valence-corrected chi connectivity index (χ2v) is 6.90. The van der Waals surface area contributed by atoms with Crippen molar-refractivity contribution in [2.24, 2.45) is 5.73 Å². The van der Waals surface area contributed by atoms with E-state index in [1.54, 1.807) is 6.07 Å². The Bertz CT molecular complexity index is 553. The molecule has 0 bridgehead atoms. The van der Waals surface area contributed by atoms with Gasteiger partial charge in [0.25, 0.3) is 10.1 Å². The van der Waals surface area contributed by atoms with E-state index in [-0.39, 0.29) is 11.1 Å². The maximum absolute atomic E-state index is 11.2. The highest BCUT2D eigenvalue weighted by molar-refractivity contribution is 7.85. The molecule has 0 saturated carbocycles. The van der Waals surface area contributed by atoms with Gasteiger partial charge in [-0.05, 0) is 24.6 Å². The third-order valence-corrected chi connectivity index (χ3v) is 4.36. The molecular weight excluding hydrogens is 264 g/mol. The molecular formula is C13H23N2O3S+. The van der Waals surface area contributed by atoms with Crippen LogP contribution >= 0.6 is 0 Å². The van der Waals surface area contributed by atoms with Crippen molar-refractivity contribution in [1.82, 2.24) is 0 Å². The fourth-order valence-electron chi connectivity index (χ4n) is 2.03. The first-order valence-electron chi connectivity index (χ1n) is 6.23. The molecule has 0 spiro atoms. The quantitative estimate of drug-likeness (QED) is 0.489. The predicted molar refractivity (Wildman–Crippen MR) is 75.1 cm³/mol. The number of nitrogens with zero attached hydrogens (tertiary/aromatic N) is 1. The summed E-state index contributed by atoms with van der Waals surface area (Å²) < 4.78 is 32.0. The Morgan fingerprint density at radius 2 is 1.95 bits per heavy atom. The molecule has 19 heavy (non-hydrogen) atoms. The summed E-state index contributed by atoms with van der Waals surface area (Å²) in [4.78, 5) is -0.0711. The summed E-state index contributed by atoms with van der Waals surface area (Å²) in [6.45, 7) is 4.55. The molecule has 0 aromatic heterocycles. The van der Waals surface area contributed by atoms with Crippen LogP contribution in [0, 0.1) is 6.92 Å². The van der Waals surface area contributed by atoms with Crippen molar-refractivity contribution < 1.29 is 17.5 Å². The molecule has 0 radical (unpaired) electrons. The monoisotopic (exact) mass is 287 g/mol. The van der Waals surface area contributed by atoms with Crippen LogP contribution in [0.4, 0.5) is 0 Å². The van der Waals surface area contributed by atoms with Gasteiger partial charge >= 0.3 is 0 Å². The van der Waals surface area contributed by atoms with Crippen molar-refractivity contribution in [3.8, 4) is 0 Å². The van der Waals surface area contributed by atoms with Crippen LogP contribution in [0.3, 0.4) is 0 Å². The molecule has 1 aromatic carbocycles. The van der Waals surface area contributed by atoms with Crippen molar-refractivity contribution in [3.63, 3.8) is 0 Å². The molecule has 0 heterocycles. The van der Waals surface area contributed by atoms with Gasteiger partial charge in [0, 0.05) is 12.0 Å². The third kappa shape index (κ3) is 4.01. The van der Waals surface area contributed by atoms with Crippen molar-refractivity contribution >= 4 is 10.1 Å². The van der Waals surface area contributed by atoms with Crippen molar-refractivity contribution in [2.45, 2.75) is 37.9 Å². The average molecular weight is 287 g/mol. The summed E-state index contributed by atoms with van der Waals surface area (Å²) in [7, 11) is -0.146. The highest BCUT2D eigenvalue weighted by Gasteiger charge is 2.24. The third-order valence-electron chi connectivity index (χ3n) is 3.51. The van der Waals surface area contributed by atoms with Crippen LogP contribution in [0.15, 0.2) is 23.1 Å². The Hall–Kier alpha value is -0.950. The van der Waals surface area contributed by atoms with E-state index in [2.05, 4.69) is 0 Å². The molecule has 0 aliphatic carbocycles. The van der Waals surface area contributed by atoms with Crippen molar-refractivity contribution in [1.29, 1.82) is 0 Å². The average Bonchev–Trinajstić information content (AvgIpc) is 2.29. The van der Waals surface area contributed by atoms with Gasteiger partial charge in [0.2, 0.25) is 0 Å². The fourth-order valence-corrected chi connectivity index (χ4v) is 2.56. The standard InChI is InChI=1S/C13H22N2O3S/c1-5-13(14)15(3,4)9-11-8-12(19(16,17)18)7-6-10(11)2/h6-8,13H,5,9,14H2,1-4H3/p+1. The number of benzene rings is 1. The second kappa shape index (κ2) is 5.58. The number of hydrogen-bond acceptors (Lipinski definition) is 3. The van der Waals surface area contributed by atoms with Gasteiger partial charge in [-0.3, -0.25) is 10.3 Å². The highest BCUT2D eigenvalue weighted by atomic mass is 32.2. The molecule has 0 fully saturated rings.